The van der Waals surface area contributed by atoms with Gasteiger partial charge in [0.15, 0.2) is 5.79 Å². The highest BCUT2D eigenvalue weighted by atomic mass is 16.8. The molecule has 1 amide bonds. The molecule has 0 radical (unpaired) electrons. The quantitative estimate of drug-likeness (QED) is 0.849. The minimum atomic E-state index is -0.986. The number of ether oxygens (including phenoxy) is 4. The van der Waals surface area contributed by atoms with Crippen molar-refractivity contribution >= 4 is 5.91 Å². The van der Waals surface area contributed by atoms with Crippen LogP contribution in [-0.4, -0.2) is 54.1 Å². The molecule has 0 aliphatic carbocycles. The van der Waals surface area contributed by atoms with Crippen molar-refractivity contribution in [3.8, 4) is 5.75 Å². The van der Waals surface area contributed by atoms with Gasteiger partial charge >= 0.3 is 0 Å². The average Bonchev–Trinajstić information content (AvgIpc) is 2.53. The van der Waals surface area contributed by atoms with Gasteiger partial charge in [0.05, 0.1) is 6.61 Å². The summed E-state index contributed by atoms with van der Waals surface area (Å²) in [6.45, 7) is 7.13. The summed E-state index contributed by atoms with van der Waals surface area (Å²) in [6.07, 6.45) is -2.94. The van der Waals surface area contributed by atoms with E-state index in [0.717, 1.165) is 5.56 Å². The zero-order valence-electron chi connectivity index (χ0n) is 14.9. The van der Waals surface area contributed by atoms with E-state index < -0.39 is 36.4 Å². The Hall–Kier alpha value is -1.67. The third-order valence-electron chi connectivity index (χ3n) is 4.39. The average molecular weight is 351 g/mol. The first-order chi connectivity index (χ1) is 11.8. The molecule has 2 N–H and O–H groups in total. The third-order valence-corrected chi connectivity index (χ3v) is 4.39. The second-order valence-electron chi connectivity index (χ2n) is 6.94. The first-order valence-electron chi connectivity index (χ1n) is 8.41. The number of aliphatic hydroxyl groups excluding tert-OH is 1. The summed E-state index contributed by atoms with van der Waals surface area (Å²) < 4.78 is 23.4. The van der Waals surface area contributed by atoms with Gasteiger partial charge in [0, 0.05) is 6.92 Å². The second-order valence-corrected chi connectivity index (χ2v) is 6.94. The minimum absolute atomic E-state index is 0.273. The van der Waals surface area contributed by atoms with Crippen LogP contribution < -0.4 is 10.1 Å². The molecular weight excluding hydrogens is 326 g/mol. The van der Waals surface area contributed by atoms with Crippen molar-refractivity contribution in [3.63, 3.8) is 0 Å². The molecule has 2 aliphatic rings. The van der Waals surface area contributed by atoms with Crippen LogP contribution in [0.15, 0.2) is 24.3 Å². The molecule has 2 saturated heterocycles. The molecule has 0 bridgehead atoms. The van der Waals surface area contributed by atoms with E-state index in [1.807, 2.05) is 31.2 Å². The minimum Gasteiger partial charge on any atom is -0.462 e. The summed E-state index contributed by atoms with van der Waals surface area (Å²) in [6, 6.07) is 6.74. The molecule has 7 heteroatoms. The Morgan fingerprint density at radius 3 is 2.76 bits per heavy atom. The number of carbonyl (C=O) groups excluding carboxylic acids is 1. The smallest absolute Gasteiger partial charge is 0.223 e. The van der Waals surface area contributed by atoms with Crippen molar-refractivity contribution in [1.82, 2.24) is 5.32 Å². The van der Waals surface area contributed by atoms with Gasteiger partial charge in [-0.3, -0.25) is 4.79 Å². The standard InChI is InChI=1S/C18H25NO6/c1-10-7-5-6-8-12(10)23-17-14(19-11(2)20)15(21)16-13(24-17)9-22-18(3,4)25-16/h5-8,13-17,21H,9H2,1-4H3,(H,19,20)/t13-,14+,15-,16-,17-/m0/s1. The van der Waals surface area contributed by atoms with Gasteiger partial charge < -0.3 is 29.4 Å². The van der Waals surface area contributed by atoms with Crippen LogP contribution in [0.3, 0.4) is 0 Å². The van der Waals surface area contributed by atoms with E-state index in [1.165, 1.54) is 6.92 Å². The molecule has 2 fully saturated rings. The lowest BCUT2D eigenvalue weighted by Gasteiger charge is -2.49. The lowest BCUT2D eigenvalue weighted by atomic mass is 9.95. The highest BCUT2D eigenvalue weighted by Crippen LogP contribution is 2.33. The maximum Gasteiger partial charge on any atom is 0.223 e. The van der Waals surface area contributed by atoms with Crippen LogP contribution in [0.1, 0.15) is 26.3 Å². The Morgan fingerprint density at radius 1 is 1.36 bits per heavy atom. The number of amides is 1. The lowest BCUT2D eigenvalue weighted by Crippen LogP contribution is -2.69. The number of carbonyl (C=O) groups is 1. The number of benzene rings is 1. The molecule has 25 heavy (non-hydrogen) atoms. The van der Waals surface area contributed by atoms with Gasteiger partial charge in [-0.15, -0.1) is 0 Å². The van der Waals surface area contributed by atoms with Crippen LogP contribution in [0, 0.1) is 6.92 Å². The molecule has 0 unspecified atom stereocenters. The van der Waals surface area contributed by atoms with Crippen molar-refractivity contribution in [2.24, 2.45) is 0 Å². The Kier molecular flexibility index (Phi) is 5.02. The first-order valence-corrected chi connectivity index (χ1v) is 8.41. The molecule has 3 rings (SSSR count). The Labute approximate surface area is 147 Å². The number of rotatable bonds is 3. The van der Waals surface area contributed by atoms with Crippen molar-refractivity contribution in [2.75, 3.05) is 6.61 Å². The number of aliphatic hydroxyl groups is 1. The molecular formula is C18H25NO6. The molecule has 0 aromatic heterocycles. The summed E-state index contributed by atoms with van der Waals surface area (Å²) >= 11 is 0. The van der Waals surface area contributed by atoms with Crippen molar-refractivity contribution in [1.29, 1.82) is 0 Å². The Balaban J connectivity index is 1.83. The van der Waals surface area contributed by atoms with Crippen molar-refractivity contribution in [2.45, 2.75) is 64.1 Å². The van der Waals surface area contributed by atoms with Gasteiger partial charge in [-0.05, 0) is 32.4 Å². The fourth-order valence-electron chi connectivity index (χ4n) is 3.15. The Bertz CT molecular complexity index is 634. The van der Waals surface area contributed by atoms with E-state index in [9.17, 15) is 9.90 Å². The molecule has 5 atom stereocenters. The molecule has 1 aromatic carbocycles. The molecule has 2 heterocycles. The number of hydrogen-bond donors (Lipinski definition) is 2. The molecule has 1 aromatic rings. The SMILES string of the molecule is CC(=O)N[C@H]1[C@@H](Oc2ccccc2C)O[C@H]2COC(C)(C)O[C@@H]2[C@H]1O. The Morgan fingerprint density at radius 2 is 2.08 bits per heavy atom. The molecule has 0 saturated carbocycles. The van der Waals surface area contributed by atoms with E-state index >= 15 is 0 Å². The molecule has 0 spiro atoms. The van der Waals surface area contributed by atoms with Crippen molar-refractivity contribution in [3.05, 3.63) is 29.8 Å². The van der Waals surface area contributed by atoms with Gasteiger partial charge in [-0.25, -0.2) is 0 Å². The van der Waals surface area contributed by atoms with Crippen molar-refractivity contribution < 1.29 is 28.8 Å². The number of para-hydroxylation sites is 1. The second kappa shape index (κ2) is 6.92. The van der Waals surface area contributed by atoms with Gasteiger partial charge in [0.2, 0.25) is 12.2 Å². The summed E-state index contributed by atoms with van der Waals surface area (Å²) in [4.78, 5) is 11.6. The maximum absolute atomic E-state index is 11.6. The number of aryl methyl sites for hydroxylation is 1. The van der Waals surface area contributed by atoms with Crippen LogP contribution in [0.2, 0.25) is 0 Å². The predicted octanol–water partition coefficient (Wildman–Crippen LogP) is 1.12. The van der Waals surface area contributed by atoms with Gasteiger partial charge in [0.25, 0.3) is 0 Å². The zero-order valence-corrected chi connectivity index (χ0v) is 14.9. The fraction of sp³-hybridized carbons (Fsp3) is 0.611. The van der Waals surface area contributed by atoms with Crippen LogP contribution in [0.5, 0.6) is 5.75 Å². The van der Waals surface area contributed by atoms with Crippen LogP contribution in [0.4, 0.5) is 0 Å². The monoisotopic (exact) mass is 351 g/mol. The third kappa shape index (κ3) is 3.95. The van der Waals surface area contributed by atoms with Gasteiger partial charge in [0.1, 0.15) is 30.1 Å². The van der Waals surface area contributed by atoms with E-state index in [4.69, 9.17) is 18.9 Å². The van der Waals surface area contributed by atoms with Crippen LogP contribution in [0.25, 0.3) is 0 Å². The fourth-order valence-corrected chi connectivity index (χ4v) is 3.15. The van der Waals surface area contributed by atoms with Crippen LogP contribution >= 0.6 is 0 Å². The number of nitrogens with one attached hydrogen (secondary N) is 1. The highest BCUT2D eigenvalue weighted by molar-refractivity contribution is 5.73. The van der Waals surface area contributed by atoms with E-state index in [2.05, 4.69) is 5.32 Å². The predicted molar refractivity (Wildman–Crippen MR) is 89.0 cm³/mol. The lowest BCUT2D eigenvalue weighted by molar-refractivity contribution is -0.361. The van der Waals surface area contributed by atoms with E-state index in [0.29, 0.717) is 5.75 Å². The van der Waals surface area contributed by atoms with Gasteiger partial charge in [-0.1, -0.05) is 18.2 Å². The normalized spacial score (nSPS) is 34.0. The van der Waals surface area contributed by atoms with Crippen LogP contribution in [-0.2, 0) is 19.0 Å². The summed E-state index contributed by atoms with van der Waals surface area (Å²) in [5.74, 6) is -0.474. The number of fused-ring (bicyclic) bond motifs is 1. The van der Waals surface area contributed by atoms with Gasteiger partial charge in [-0.2, -0.15) is 0 Å². The maximum atomic E-state index is 11.6. The molecule has 138 valence electrons. The molecule has 2 aliphatic heterocycles. The number of hydrogen-bond acceptors (Lipinski definition) is 6. The van der Waals surface area contributed by atoms with E-state index in [1.54, 1.807) is 13.8 Å². The summed E-state index contributed by atoms with van der Waals surface area (Å²) in [5, 5.41) is 13.5. The molecule has 7 nitrogen and oxygen atoms in total. The summed E-state index contributed by atoms with van der Waals surface area (Å²) in [5.41, 5.74) is 0.932. The largest absolute Gasteiger partial charge is 0.462 e. The summed E-state index contributed by atoms with van der Waals surface area (Å²) in [7, 11) is 0. The zero-order chi connectivity index (χ0) is 18.2. The highest BCUT2D eigenvalue weighted by Gasteiger charge is 2.52. The topological polar surface area (TPSA) is 86.3 Å². The first kappa shape index (κ1) is 18.1. The van der Waals surface area contributed by atoms with E-state index in [-0.39, 0.29) is 12.5 Å².